The molecule has 2 aliphatic rings. The van der Waals surface area contributed by atoms with Crippen LogP contribution in [0.15, 0.2) is 30.3 Å². The van der Waals surface area contributed by atoms with E-state index in [1.54, 1.807) is 4.90 Å². The number of fused-ring (bicyclic) bond motifs is 1. The predicted octanol–water partition coefficient (Wildman–Crippen LogP) is 2.98. The topological polar surface area (TPSA) is 84.9 Å². The Hall–Kier alpha value is -2.57. The highest BCUT2D eigenvalue weighted by molar-refractivity contribution is 5.91. The van der Waals surface area contributed by atoms with Crippen LogP contribution >= 0.6 is 0 Å². The van der Waals surface area contributed by atoms with Gasteiger partial charge in [-0.05, 0) is 22.3 Å². The van der Waals surface area contributed by atoms with E-state index < -0.39 is 29.6 Å². The highest BCUT2D eigenvalue weighted by atomic mass is 16.5. The SMILES string of the molecule is COC(=O)[C@@H]1[C@@H]2[C@H](CN1C(=O)C(NC(=O)OCc1ccccc1)C(C)(C)C)C2(C)C. The van der Waals surface area contributed by atoms with Crippen molar-refractivity contribution in [1.29, 1.82) is 0 Å². The Morgan fingerprint density at radius 1 is 1.20 bits per heavy atom. The molecule has 2 amide bonds. The fourth-order valence-corrected chi connectivity index (χ4v) is 4.60. The van der Waals surface area contributed by atoms with Gasteiger partial charge in [-0.2, -0.15) is 0 Å². The average Bonchev–Trinajstić information content (AvgIpc) is 3.04. The molecule has 1 saturated heterocycles. The Bertz CT molecular complexity index is 815. The van der Waals surface area contributed by atoms with Crippen LogP contribution in [0.25, 0.3) is 0 Å². The first kappa shape index (κ1) is 22.1. The number of likely N-dealkylation sites (tertiary alicyclic amines) is 1. The van der Waals surface area contributed by atoms with Crippen LogP contribution in [0.1, 0.15) is 40.2 Å². The van der Waals surface area contributed by atoms with Crippen molar-refractivity contribution in [3.05, 3.63) is 35.9 Å². The summed E-state index contributed by atoms with van der Waals surface area (Å²) in [6.07, 6.45) is -0.661. The first-order valence-corrected chi connectivity index (χ1v) is 10.3. The number of hydrogen-bond acceptors (Lipinski definition) is 5. The van der Waals surface area contributed by atoms with Gasteiger partial charge < -0.3 is 19.7 Å². The Labute approximate surface area is 178 Å². The molecule has 2 fully saturated rings. The number of esters is 1. The summed E-state index contributed by atoms with van der Waals surface area (Å²) in [5, 5.41) is 2.73. The molecule has 0 spiro atoms. The average molecular weight is 417 g/mol. The van der Waals surface area contributed by atoms with Crippen molar-refractivity contribution in [2.24, 2.45) is 22.7 Å². The molecule has 1 heterocycles. The number of ether oxygens (including phenoxy) is 2. The molecule has 1 aromatic carbocycles. The predicted molar refractivity (Wildman–Crippen MR) is 111 cm³/mol. The van der Waals surface area contributed by atoms with E-state index in [0.29, 0.717) is 6.54 Å². The fraction of sp³-hybridized carbons (Fsp3) is 0.609. The second kappa shape index (κ2) is 7.93. The van der Waals surface area contributed by atoms with Crippen molar-refractivity contribution < 1.29 is 23.9 Å². The Kier molecular flexibility index (Phi) is 5.85. The van der Waals surface area contributed by atoms with Crippen LogP contribution in [-0.4, -0.2) is 48.6 Å². The van der Waals surface area contributed by atoms with Crippen LogP contribution in [0, 0.1) is 22.7 Å². The summed E-state index contributed by atoms with van der Waals surface area (Å²) < 4.78 is 10.3. The molecule has 4 atom stereocenters. The lowest BCUT2D eigenvalue weighted by molar-refractivity contribution is -0.154. The molecule has 30 heavy (non-hydrogen) atoms. The molecule has 1 unspecified atom stereocenters. The maximum atomic E-state index is 13.5. The number of benzene rings is 1. The van der Waals surface area contributed by atoms with Gasteiger partial charge in [-0.15, -0.1) is 0 Å². The molecule has 0 bridgehead atoms. The van der Waals surface area contributed by atoms with Crippen molar-refractivity contribution in [2.75, 3.05) is 13.7 Å². The van der Waals surface area contributed by atoms with Crippen molar-refractivity contribution >= 4 is 18.0 Å². The second-order valence-electron chi connectivity index (χ2n) is 9.92. The molecular weight excluding hydrogens is 384 g/mol. The van der Waals surface area contributed by atoms with Gasteiger partial charge in [0.1, 0.15) is 18.7 Å². The van der Waals surface area contributed by atoms with Gasteiger partial charge in [-0.25, -0.2) is 9.59 Å². The van der Waals surface area contributed by atoms with Gasteiger partial charge in [0.25, 0.3) is 0 Å². The van der Waals surface area contributed by atoms with Crippen LogP contribution in [0.2, 0.25) is 0 Å². The van der Waals surface area contributed by atoms with Crippen molar-refractivity contribution in [3.63, 3.8) is 0 Å². The van der Waals surface area contributed by atoms with E-state index >= 15 is 0 Å². The minimum Gasteiger partial charge on any atom is -0.467 e. The van der Waals surface area contributed by atoms with Crippen molar-refractivity contribution in [3.8, 4) is 0 Å². The largest absolute Gasteiger partial charge is 0.467 e. The zero-order valence-electron chi connectivity index (χ0n) is 18.6. The van der Waals surface area contributed by atoms with Crippen LogP contribution in [0.3, 0.4) is 0 Å². The van der Waals surface area contributed by atoms with Gasteiger partial charge in [0.2, 0.25) is 5.91 Å². The lowest BCUT2D eigenvalue weighted by Gasteiger charge is -2.36. The van der Waals surface area contributed by atoms with E-state index in [0.717, 1.165) is 5.56 Å². The van der Waals surface area contributed by atoms with Gasteiger partial charge in [-0.3, -0.25) is 4.79 Å². The lowest BCUT2D eigenvalue weighted by Crippen LogP contribution is -2.58. The summed E-state index contributed by atoms with van der Waals surface area (Å²) >= 11 is 0. The number of hydrogen-bond donors (Lipinski definition) is 1. The molecule has 164 valence electrons. The normalized spacial score (nSPS) is 25.1. The smallest absolute Gasteiger partial charge is 0.408 e. The lowest BCUT2D eigenvalue weighted by atomic mass is 9.85. The minimum absolute atomic E-state index is 0.00884. The number of carbonyl (C=O) groups is 3. The molecule has 0 aromatic heterocycles. The quantitative estimate of drug-likeness (QED) is 0.746. The standard InChI is InChI=1S/C23H32N2O5/c1-22(2,3)18(24-21(28)30-13-14-10-8-7-9-11-14)19(26)25-12-15-16(23(15,4)5)17(25)20(27)29-6/h7-11,15-18H,12-13H2,1-6H3,(H,24,28)/t15-,16-,17-,18?/m0/s1. The molecule has 1 aliphatic heterocycles. The monoisotopic (exact) mass is 416 g/mol. The zero-order valence-corrected chi connectivity index (χ0v) is 18.6. The third-order valence-electron chi connectivity index (χ3n) is 6.52. The number of nitrogens with one attached hydrogen (secondary N) is 1. The van der Waals surface area contributed by atoms with Crippen molar-refractivity contribution in [1.82, 2.24) is 10.2 Å². The molecule has 7 heteroatoms. The molecule has 7 nitrogen and oxygen atoms in total. The maximum Gasteiger partial charge on any atom is 0.408 e. The van der Waals surface area contributed by atoms with Gasteiger partial charge in [0.05, 0.1) is 7.11 Å². The van der Waals surface area contributed by atoms with E-state index in [2.05, 4.69) is 19.2 Å². The second-order valence-corrected chi connectivity index (χ2v) is 9.92. The number of piperidine rings is 1. The van der Waals surface area contributed by atoms with E-state index in [1.807, 2.05) is 51.1 Å². The van der Waals surface area contributed by atoms with Gasteiger partial charge in [-0.1, -0.05) is 65.0 Å². The van der Waals surface area contributed by atoms with Crippen LogP contribution in [0.4, 0.5) is 4.79 Å². The number of carbonyl (C=O) groups excluding carboxylic acids is 3. The van der Waals surface area contributed by atoms with E-state index in [4.69, 9.17) is 9.47 Å². The van der Waals surface area contributed by atoms with E-state index in [1.165, 1.54) is 7.11 Å². The number of alkyl carbamates (subject to hydrolysis) is 1. The summed E-state index contributed by atoms with van der Waals surface area (Å²) in [6.45, 7) is 10.5. The Morgan fingerprint density at radius 3 is 2.40 bits per heavy atom. The fourth-order valence-electron chi connectivity index (χ4n) is 4.60. The summed E-state index contributed by atoms with van der Waals surface area (Å²) in [5.74, 6) is -0.339. The third-order valence-corrected chi connectivity index (χ3v) is 6.52. The first-order chi connectivity index (χ1) is 14.0. The van der Waals surface area contributed by atoms with Crippen molar-refractivity contribution in [2.45, 2.75) is 53.3 Å². The van der Waals surface area contributed by atoms with Crippen LogP contribution < -0.4 is 5.32 Å². The number of amides is 2. The molecule has 3 rings (SSSR count). The first-order valence-electron chi connectivity index (χ1n) is 10.3. The van der Waals surface area contributed by atoms with Gasteiger partial charge >= 0.3 is 12.1 Å². The highest BCUT2D eigenvalue weighted by Gasteiger charge is 2.70. The summed E-state index contributed by atoms with van der Waals surface area (Å²) in [7, 11) is 1.34. The third kappa shape index (κ3) is 4.16. The Balaban J connectivity index is 1.71. The highest BCUT2D eigenvalue weighted by Crippen LogP contribution is 2.65. The van der Waals surface area contributed by atoms with Gasteiger partial charge in [0, 0.05) is 12.5 Å². The number of methoxy groups -OCH3 is 1. The molecule has 1 N–H and O–H groups in total. The summed E-state index contributed by atoms with van der Waals surface area (Å²) in [6, 6.07) is 7.90. The molecule has 0 radical (unpaired) electrons. The van der Waals surface area contributed by atoms with E-state index in [-0.39, 0.29) is 29.8 Å². The maximum absolute atomic E-state index is 13.5. The summed E-state index contributed by atoms with van der Waals surface area (Å²) in [5.41, 5.74) is 0.305. The minimum atomic E-state index is -0.825. The number of nitrogens with zero attached hydrogens (tertiary/aromatic N) is 1. The molecule has 1 saturated carbocycles. The number of rotatable bonds is 5. The molecular formula is C23H32N2O5. The molecule has 1 aromatic rings. The summed E-state index contributed by atoms with van der Waals surface area (Å²) in [4.78, 5) is 40.0. The zero-order chi connectivity index (χ0) is 22.3. The van der Waals surface area contributed by atoms with Crippen LogP contribution in [0.5, 0.6) is 0 Å². The van der Waals surface area contributed by atoms with Crippen LogP contribution in [-0.2, 0) is 25.7 Å². The molecule has 1 aliphatic carbocycles. The Morgan fingerprint density at radius 2 is 1.83 bits per heavy atom. The van der Waals surface area contributed by atoms with Gasteiger partial charge in [0.15, 0.2) is 0 Å². The van der Waals surface area contributed by atoms with E-state index in [9.17, 15) is 14.4 Å².